The Morgan fingerprint density at radius 1 is 1.32 bits per heavy atom. The Balaban J connectivity index is 2.33. The Morgan fingerprint density at radius 2 is 2.05 bits per heavy atom. The minimum atomic E-state index is -1.43. The number of rotatable bonds is 3. The zero-order valence-corrected chi connectivity index (χ0v) is 11.0. The van der Waals surface area contributed by atoms with Gasteiger partial charge in [0.1, 0.15) is 11.6 Å². The van der Waals surface area contributed by atoms with Crippen molar-refractivity contribution < 1.29 is 13.9 Å². The zero-order valence-electron chi connectivity index (χ0n) is 10.2. The number of halogens is 3. The molecule has 0 aliphatic carbocycles. The molecule has 2 rings (SSSR count). The van der Waals surface area contributed by atoms with Gasteiger partial charge in [-0.3, -0.25) is 4.98 Å². The average Bonchev–Trinajstić information content (AvgIpc) is 2.35. The van der Waals surface area contributed by atoms with Crippen LogP contribution in [0.1, 0.15) is 18.1 Å². The van der Waals surface area contributed by atoms with Crippen molar-refractivity contribution >= 4 is 11.6 Å². The first-order valence-corrected chi connectivity index (χ1v) is 6.04. The standard InChI is InChI=1S/C14H12ClF2NO/c1-14(19,10-5-11(16)8-18-7-10)6-9-3-2-4-12(15)13(9)17/h2-5,7-8,19H,6H2,1H3. The normalized spacial score (nSPS) is 14.2. The highest BCUT2D eigenvalue weighted by atomic mass is 35.5. The molecule has 1 atom stereocenters. The van der Waals surface area contributed by atoms with Gasteiger partial charge in [0.15, 0.2) is 0 Å². The van der Waals surface area contributed by atoms with Crippen LogP contribution in [0.15, 0.2) is 36.7 Å². The number of hydrogen-bond acceptors (Lipinski definition) is 2. The predicted octanol–water partition coefficient (Wildman–Crippen LogP) is 3.46. The Morgan fingerprint density at radius 3 is 2.74 bits per heavy atom. The molecule has 0 aliphatic rings. The summed E-state index contributed by atoms with van der Waals surface area (Å²) in [5.74, 6) is -1.13. The summed E-state index contributed by atoms with van der Waals surface area (Å²) in [4.78, 5) is 3.68. The van der Waals surface area contributed by atoms with Gasteiger partial charge in [-0.2, -0.15) is 0 Å². The van der Waals surface area contributed by atoms with E-state index in [1.54, 1.807) is 6.07 Å². The van der Waals surface area contributed by atoms with Gasteiger partial charge in [-0.15, -0.1) is 0 Å². The number of nitrogens with zero attached hydrogens (tertiary/aromatic N) is 1. The molecule has 5 heteroatoms. The lowest BCUT2D eigenvalue weighted by atomic mass is 9.90. The molecule has 0 aliphatic heterocycles. The van der Waals surface area contributed by atoms with Gasteiger partial charge in [-0.25, -0.2) is 8.78 Å². The fourth-order valence-electron chi connectivity index (χ4n) is 1.86. The zero-order chi connectivity index (χ0) is 14.0. The molecule has 1 aromatic heterocycles. The first kappa shape index (κ1) is 13.9. The first-order valence-electron chi connectivity index (χ1n) is 5.66. The van der Waals surface area contributed by atoms with Crippen LogP contribution in [0.2, 0.25) is 5.02 Å². The molecule has 2 nitrogen and oxygen atoms in total. The molecule has 100 valence electrons. The van der Waals surface area contributed by atoms with Crippen LogP contribution in [-0.2, 0) is 12.0 Å². The summed E-state index contributed by atoms with van der Waals surface area (Å²) in [6, 6.07) is 5.73. The predicted molar refractivity (Wildman–Crippen MR) is 68.9 cm³/mol. The van der Waals surface area contributed by atoms with Gasteiger partial charge in [0.25, 0.3) is 0 Å². The molecule has 1 aromatic carbocycles. The van der Waals surface area contributed by atoms with E-state index in [4.69, 9.17) is 11.6 Å². The van der Waals surface area contributed by atoms with Crippen LogP contribution in [0.4, 0.5) is 8.78 Å². The van der Waals surface area contributed by atoms with Crippen LogP contribution in [0, 0.1) is 11.6 Å². The summed E-state index contributed by atoms with van der Waals surface area (Å²) < 4.78 is 26.9. The smallest absolute Gasteiger partial charge is 0.145 e. The summed E-state index contributed by atoms with van der Waals surface area (Å²) in [6.07, 6.45) is 2.37. The van der Waals surface area contributed by atoms with Crippen LogP contribution < -0.4 is 0 Å². The van der Waals surface area contributed by atoms with Crippen molar-refractivity contribution in [2.45, 2.75) is 18.9 Å². The van der Waals surface area contributed by atoms with E-state index in [0.717, 1.165) is 6.20 Å². The largest absolute Gasteiger partial charge is 0.385 e. The molecule has 1 N–H and O–H groups in total. The van der Waals surface area contributed by atoms with Crippen LogP contribution in [0.5, 0.6) is 0 Å². The number of aliphatic hydroxyl groups is 1. The molecule has 0 saturated carbocycles. The molecule has 19 heavy (non-hydrogen) atoms. The van der Waals surface area contributed by atoms with Crippen LogP contribution >= 0.6 is 11.6 Å². The number of hydrogen-bond donors (Lipinski definition) is 1. The quantitative estimate of drug-likeness (QED) is 0.936. The van der Waals surface area contributed by atoms with Crippen LogP contribution in [0.3, 0.4) is 0 Å². The third kappa shape index (κ3) is 3.08. The second-order valence-electron chi connectivity index (χ2n) is 4.56. The van der Waals surface area contributed by atoms with E-state index in [2.05, 4.69) is 4.98 Å². The van der Waals surface area contributed by atoms with Crippen molar-refractivity contribution in [2.24, 2.45) is 0 Å². The van der Waals surface area contributed by atoms with Crippen molar-refractivity contribution in [1.29, 1.82) is 0 Å². The molecule has 0 saturated heterocycles. The number of benzene rings is 1. The molecule has 1 unspecified atom stereocenters. The minimum absolute atomic E-state index is 0.00864. The Hall–Kier alpha value is -1.52. The maximum Gasteiger partial charge on any atom is 0.145 e. The van der Waals surface area contributed by atoms with E-state index in [9.17, 15) is 13.9 Å². The second-order valence-corrected chi connectivity index (χ2v) is 4.96. The Bertz CT molecular complexity index is 602. The van der Waals surface area contributed by atoms with Crippen molar-refractivity contribution in [3.05, 3.63) is 64.4 Å². The Labute approximate surface area is 114 Å². The van der Waals surface area contributed by atoms with Gasteiger partial charge in [0, 0.05) is 18.2 Å². The van der Waals surface area contributed by atoms with Gasteiger partial charge in [-0.05, 0) is 24.6 Å². The molecule has 0 spiro atoms. The molecule has 2 aromatic rings. The van der Waals surface area contributed by atoms with Crippen molar-refractivity contribution in [1.82, 2.24) is 4.98 Å². The van der Waals surface area contributed by atoms with Crippen molar-refractivity contribution in [3.8, 4) is 0 Å². The average molecular weight is 284 g/mol. The first-order chi connectivity index (χ1) is 8.90. The molecular weight excluding hydrogens is 272 g/mol. The number of pyridine rings is 1. The molecule has 0 bridgehead atoms. The van der Waals surface area contributed by atoms with Gasteiger partial charge >= 0.3 is 0 Å². The van der Waals surface area contributed by atoms with E-state index in [1.165, 1.54) is 31.3 Å². The summed E-state index contributed by atoms with van der Waals surface area (Å²) in [6.45, 7) is 1.48. The van der Waals surface area contributed by atoms with E-state index in [1.807, 2.05) is 0 Å². The summed E-state index contributed by atoms with van der Waals surface area (Å²) in [5.41, 5.74) is -0.880. The van der Waals surface area contributed by atoms with E-state index in [0.29, 0.717) is 0 Å². The summed E-state index contributed by atoms with van der Waals surface area (Å²) >= 11 is 5.68. The molecular formula is C14H12ClF2NO. The van der Waals surface area contributed by atoms with Gasteiger partial charge in [-0.1, -0.05) is 23.7 Å². The van der Waals surface area contributed by atoms with Gasteiger partial charge in [0.2, 0.25) is 0 Å². The highest BCUT2D eigenvalue weighted by Gasteiger charge is 2.26. The fourth-order valence-corrected chi connectivity index (χ4v) is 2.06. The molecule has 0 radical (unpaired) electrons. The maximum absolute atomic E-state index is 13.8. The van der Waals surface area contributed by atoms with Crippen molar-refractivity contribution in [3.63, 3.8) is 0 Å². The fraction of sp³-hybridized carbons (Fsp3) is 0.214. The SMILES string of the molecule is CC(O)(Cc1cccc(Cl)c1F)c1cncc(F)c1. The van der Waals surface area contributed by atoms with Gasteiger partial charge < -0.3 is 5.11 Å². The highest BCUT2D eigenvalue weighted by molar-refractivity contribution is 6.30. The van der Waals surface area contributed by atoms with Crippen molar-refractivity contribution in [2.75, 3.05) is 0 Å². The van der Waals surface area contributed by atoms with E-state index < -0.39 is 17.2 Å². The monoisotopic (exact) mass is 283 g/mol. The summed E-state index contributed by atoms with van der Waals surface area (Å²) in [5, 5.41) is 10.4. The maximum atomic E-state index is 13.8. The van der Waals surface area contributed by atoms with E-state index in [-0.39, 0.29) is 22.6 Å². The lowest BCUT2D eigenvalue weighted by Gasteiger charge is -2.24. The minimum Gasteiger partial charge on any atom is -0.385 e. The third-order valence-corrected chi connectivity index (χ3v) is 3.18. The molecule has 0 amide bonds. The lowest BCUT2D eigenvalue weighted by Crippen LogP contribution is -2.25. The summed E-state index contributed by atoms with van der Waals surface area (Å²) in [7, 11) is 0. The second kappa shape index (κ2) is 5.23. The van der Waals surface area contributed by atoms with Crippen LogP contribution in [-0.4, -0.2) is 10.1 Å². The van der Waals surface area contributed by atoms with E-state index >= 15 is 0 Å². The molecule has 1 heterocycles. The Kier molecular flexibility index (Phi) is 3.83. The number of aromatic nitrogens is 1. The van der Waals surface area contributed by atoms with Gasteiger partial charge in [0.05, 0.1) is 16.8 Å². The lowest BCUT2D eigenvalue weighted by molar-refractivity contribution is 0.0560. The highest BCUT2D eigenvalue weighted by Crippen LogP contribution is 2.28. The van der Waals surface area contributed by atoms with Crippen LogP contribution in [0.25, 0.3) is 0 Å². The molecule has 0 fully saturated rings. The third-order valence-electron chi connectivity index (χ3n) is 2.89. The topological polar surface area (TPSA) is 33.1 Å².